The van der Waals surface area contributed by atoms with Gasteiger partial charge < -0.3 is 4.90 Å². The summed E-state index contributed by atoms with van der Waals surface area (Å²) in [6.07, 6.45) is 1.37. The van der Waals surface area contributed by atoms with Crippen molar-refractivity contribution >= 4 is 27.7 Å². The molecule has 0 aliphatic carbocycles. The maximum Gasteiger partial charge on any atom is 0.244 e. The Morgan fingerprint density at radius 1 is 1.21 bits per heavy atom. The van der Waals surface area contributed by atoms with Crippen LogP contribution in [0.5, 0.6) is 0 Å². The van der Waals surface area contributed by atoms with E-state index in [0.29, 0.717) is 18.1 Å². The number of carbonyl (C=O) groups excluding carboxylic acids is 1. The van der Waals surface area contributed by atoms with Crippen molar-refractivity contribution in [1.82, 2.24) is 14.2 Å². The third-order valence-corrected chi connectivity index (χ3v) is 7.11. The molecule has 0 saturated carbocycles. The van der Waals surface area contributed by atoms with Crippen LogP contribution in [-0.2, 0) is 14.8 Å². The Balaban J connectivity index is 3.01. The number of hydrogen-bond acceptors (Lipinski definition) is 5. The zero-order valence-corrected chi connectivity index (χ0v) is 16.8. The number of carbonyl (C=O) groups is 1. The van der Waals surface area contributed by atoms with E-state index >= 15 is 0 Å². The van der Waals surface area contributed by atoms with Gasteiger partial charge in [0.25, 0.3) is 0 Å². The molecule has 136 valence electrons. The smallest absolute Gasteiger partial charge is 0.244 e. The third kappa shape index (κ3) is 4.94. The minimum atomic E-state index is -3.51. The molecule has 0 unspecified atom stereocenters. The molecule has 8 heteroatoms. The summed E-state index contributed by atoms with van der Waals surface area (Å²) < 4.78 is 26.3. The van der Waals surface area contributed by atoms with Gasteiger partial charge in [-0.2, -0.15) is 4.31 Å². The van der Waals surface area contributed by atoms with Gasteiger partial charge in [0.15, 0.2) is 0 Å². The van der Waals surface area contributed by atoms with Crippen LogP contribution < -0.4 is 0 Å². The average molecular weight is 374 g/mol. The van der Waals surface area contributed by atoms with Crippen LogP contribution in [0.15, 0.2) is 28.3 Å². The topological polar surface area (TPSA) is 70.6 Å². The number of thioether (sulfide) groups is 1. The fourth-order valence-corrected chi connectivity index (χ4v) is 4.67. The van der Waals surface area contributed by atoms with Crippen molar-refractivity contribution in [2.75, 3.05) is 27.2 Å². The summed E-state index contributed by atoms with van der Waals surface area (Å²) in [5.41, 5.74) is 0. The van der Waals surface area contributed by atoms with Crippen LogP contribution in [0.3, 0.4) is 0 Å². The second-order valence-corrected chi connectivity index (χ2v) is 9.04. The quantitative estimate of drug-likeness (QED) is 0.654. The first-order chi connectivity index (χ1) is 11.1. The maximum atomic E-state index is 12.5. The molecule has 0 radical (unpaired) electrons. The van der Waals surface area contributed by atoms with Crippen LogP contribution in [0.1, 0.15) is 27.7 Å². The van der Waals surface area contributed by atoms with Crippen LogP contribution in [0.25, 0.3) is 0 Å². The number of aromatic nitrogens is 1. The Bertz CT molecular complexity index is 639. The van der Waals surface area contributed by atoms with Gasteiger partial charge in [-0.05, 0) is 18.1 Å². The van der Waals surface area contributed by atoms with Gasteiger partial charge in [-0.25, -0.2) is 13.4 Å². The lowest BCUT2D eigenvalue weighted by molar-refractivity contribution is -0.128. The predicted molar refractivity (Wildman–Crippen MR) is 97.5 cm³/mol. The van der Waals surface area contributed by atoms with Gasteiger partial charge in [0, 0.05) is 33.4 Å². The van der Waals surface area contributed by atoms with E-state index in [2.05, 4.69) is 4.98 Å². The molecule has 0 fully saturated rings. The molecule has 24 heavy (non-hydrogen) atoms. The number of pyridine rings is 1. The third-order valence-electron chi connectivity index (χ3n) is 3.59. The lowest BCUT2D eigenvalue weighted by atomic mass is 10.1. The van der Waals surface area contributed by atoms with Crippen molar-refractivity contribution in [3.8, 4) is 0 Å². The van der Waals surface area contributed by atoms with E-state index in [4.69, 9.17) is 0 Å². The molecule has 0 aliphatic rings. The van der Waals surface area contributed by atoms with Crippen LogP contribution >= 0.6 is 11.8 Å². The van der Waals surface area contributed by atoms with Gasteiger partial charge in [0.1, 0.15) is 4.90 Å². The Hall–Kier alpha value is -1.12. The fraction of sp³-hybridized carbons (Fsp3) is 0.625. The first kappa shape index (κ1) is 20.9. The number of rotatable bonds is 8. The molecule has 6 nitrogen and oxygen atoms in total. The van der Waals surface area contributed by atoms with Gasteiger partial charge in [0.2, 0.25) is 15.9 Å². The molecular weight excluding hydrogens is 346 g/mol. The molecule has 1 heterocycles. The van der Waals surface area contributed by atoms with Crippen molar-refractivity contribution in [2.45, 2.75) is 42.9 Å². The highest BCUT2D eigenvalue weighted by Gasteiger charge is 2.26. The van der Waals surface area contributed by atoms with Gasteiger partial charge >= 0.3 is 0 Å². The molecule has 1 rings (SSSR count). The molecule has 0 aromatic carbocycles. The van der Waals surface area contributed by atoms with E-state index in [0.717, 1.165) is 0 Å². The summed E-state index contributed by atoms with van der Waals surface area (Å²) in [4.78, 5) is 18.2. The largest absolute Gasteiger partial charge is 0.348 e. The Morgan fingerprint density at radius 2 is 1.79 bits per heavy atom. The van der Waals surface area contributed by atoms with Crippen molar-refractivity contribution < 1.29 is 13.2 Å². The highest BCUT2D eigenvalue weighted by molar-refractivity contribution is 8.00. The summed E-state index contributed by atoms with van der Waals surface area (Å²) >= 11 is 1.36. The summed E-state index contributed by atoms with van der Waals surface area (Å²) in [5.74, 6) is 0.169. The van der Waals surface area contributed by atoms with E-state index in [1.165, 1.54) is 22.3 Å². The normalized spacial score (nSPS) is 13.3. The Kier molecular flexibility index (Phi) is 7.69. The van der Waals surface area contributed by atoms with Crippen LogP contribution in [0.4, 0.5) is 0 Å². The van der Waals surface area contributed by atoms with Crippen molar-refractivity contribution in [3.05, 3.63) is 18.3 Å². The Morgan fingerprint density at radius 3 is 2.17 bits per heavy atom. The molecule has 0 bridgehead atoms. The lowest BCUT2D eigenvalue weighted by Gasteiger charge is -2.23. The average Bonchev–Trinajstić information content (AvgIpc) is 2.52. The Labute approximate surface area is 149 Å². The zero-order valence-electron chi connectivity index (χ0n) is 15.2. The van der Waals surface area contributed by atoms with Crippen LogP contribution in [0, 0.1) is 5.92 Å². The van der Waals surface area contributed by atoms with Crippen molar-refractivity contribution in [1.29, 1.82) is 0 Å². The van der Waals surface area contributed by atoms with Gasteiger partial charge in [0.05, 0.1) is 10.3 Å². The second kappa shape index (κ2) is 8.82. The molecule has 1 amide bonds. The maximum absolute atomic E-state index is 12.5. The highest BCUT2D eigenvalue weighted by atomic mass is 32.2. The molecule has 0 saturated heterocycles. The van der Waals surface area contributed by atoms with E-state index < -0.39 is 10.0 Å². The fourth-order valence-electron chi connectivity index (χ4n) is 2.16. The molecule has 0 N–H and O–H groups in total. The van der Waals surface area contributed by atoms with Gasteiger partial charge in [-0.3, -0.25) is 4.79 Å². The van der Waals surface area contributed by atoms with E-state index in [9.17, 15) is 13.2 Å². The summed E-state index contributed by atoms with van der Waals surface area (Å²) in [7, 11) is -0.0509. The molecule has 0 spiro atoms. The monoisotopic (exact) mass is 373 g/mol. The second-order valence-electron chi connectivity index (χ2n) is 5.94. The van der Waals surface area contributed by atoms with E-state index in [1.54, 1.807) is 45.0 Å². The molecule has 0 aliphatic heterocycles. The molecule has 1 aromatic rings. The lowest BCUT2D eigenvalue weighted by Crippen LogP contribution is -2.34. The molecule has 1 aromatic heterocycles. The molecule has 1 atom stereocenters. The highest BCUT2D eigenvalue weighted by Crippen LogP contribution is 2.28. The van der Waals surface area contributed by atoms with Crippen molar-refractivity contribution in [2.24, 2.45) is 5.92 Å². The van der Waals surface area contributed by atoms with Crippen LogP contribution in [0.2, 0.25) is 0 Å². The summed E-state index contributed by atoms with van der Waals surface area (Å²) in [5, 5.41) is 0.389. The first-order valence-electron chi connectivity index (χ1n) is 7.99. The molecular formula is C16H27N3O3S2. The first-order valence-corrected chi connectivity index (χ1v) is 10.3. The number of amides is 1. The number of sulfonamides is 1. The minimum absolute atomic E-state index is 0.0247. The van der Waals surface area contributed by atoms with Gasteiger partial charge in [-0.15, -0.1) is 0 Å². The number of hydrogen-bond donors (Lipinski definition) is 0. The van der Waals surface area contributed by atoms with Crippen molar-refractivity contribution in [3.63, 3.8) is 0 Å². The summed E-state index contributed by atoms with van der Waals surface area (Å²) in [6.45, 7) is 8.41. The summed E-state index contributed by atoms with van der Waals surface area (Å²) in [6, 6.07) is 3.22. The van der Waals surface area contributed by atoms with Gasteiger partial charge in [-0.1, -0.05) is 39.5 Å². The standard InChI is InChI=1S/C16H27N3O3S2/c1-7-19(8-2)24(21,22)13-9-10-14(17-11-13)23-15(12(3)4)16(20)18(5)6/h9-12,15H,7-8H2,1-6H3/t15-/m1/s1. The zero-order chi connectivity index (χ0) is 18.5. The number of nitrogens with zero attached hydrogens (tertiary/aromatic N) is 3. The van der Waals surface area contributed by atoms with Crippen LogP contribution in [-0.4, -0.2) is 60.9 Å². The SMILES string of the molecule is CCN(CC)S(=O)(=O)c1ccc(S[C@@H](C(=O)N(C)C)C(C)C)nc1. The minimum Gasteiger partial charge on any atom is -0.348 e. The van der Waals surface area contributed by atoms with E-state index in [-0.39, 0.29) is 22.0 Å². The predicted octanol–water partition coefficient (Wildman–Crippen LogP) is 2.32. The van der Waals surface area contributed by atoms with E-state index in [1.807, 2.05) is 13.8 Å².